The fourth-order valence-electron chi connectivity index (χ4n) is 4.72. The van der Waals surface area contributed by atoms with Gasteiger partial charge in [-0.25, -0.2) is 9.18 Å². The van der Waals surface area contributed by atoms with Crippen molar-refractivity contribution in [2.45, 2.75) is 25.3 Å². The van der Waals surface area contributed by atoms with Crippen LogP contribution in [0.25, 0.3) is 10.9 Å². The molecule has 1 saturated carbocycles. The minimum atomic E-state index is -0.261. The number of halogens is 2. The minimum absolute atomic E-state index is 0.0741. The normalized spacial score (nSPS) is 19.7. The van der Waals surface area contributed by atoms with Gasteiger partial charge in [0.1, 0.15) is 5.82 Å². The van der Waals surface area contributed by atoms with Gasteiger partial charge in [-0.2, -0.15) is 0 Å². The molecule has 1 saturated heterocycles. The summed E-state index contributed by atoms with van der Waals surface area (Å²) < 4.78 is 13.7. The third kappa shape index (κ3) is 3.67. The van der Waals surface area contributed by atoms with Gasteiger partial charge in [-0.15, -0.1) is 0 Å². The van der Waals surface area contributed by atoms with Gasteiger partial charge in [0.05, 0.1) is 5.52 Å². The first-order valence-electron chi connectivity index (χ1n) is 10.1. The standard InChI is InChI=1S/C23H22ClFN4O/c24-15-1-4-17(5-2-15)28-22(30)29-13-23(14-29)9-7-18(12-23)27-21-8-10-26-20-6-3-16(25)11-19(20)21/h1-6,8,10-11,18H,7,9,12-14H2,(H,26,27)(H,28,30). The second-order valence-electron chi connectivity index (χ2n) is 8.40. The van der Waals surface area contributed by atoms with E-state index in [1.54, 1.807) is 36.5 Å². The second-order valence-corrected chi connectivity index (χ2v) is 8.83. The van der Waals surface area contributed by atoms with E-state index >= 15 is 0 Å². The molecule has 2 aromatic carbocycles. The molecule has 7 heteroatoms. The minimum Gasteiger partial charge on any atom is -0.382 e. The third-order valence-corrected chi connectivity index (χ3v) is 6.45. The molecule has 1 atom stereocenters. The van der Waals surface area contributed by atoms with Crippen LogP contribution < -0.4 is 10.6 Å². The van der Waals surface area contributed by atoms with E-state index in [1.165, 1.54) is 12.1 Å². The van der Waals surface area contributed by atoms with Crippen LogP contribution in [0.1, 0.15) is 19.3 Å². The van der Waals surface area contributed by atoms with E-state index in [9.17, 15) is 9.18 Å². The van der Waals surface area contributed by atoms with E-state index < -0.39 is 0 Å². The quantitative estimate of drug-likeness (QED) is 0.581. The van der Waals surface area contributed by atoms with Gasteiger partial charge in [-0.1, -0.05) is 11.6 Å². The Morgan fingerprint density at radius 3 is 2.77 bits per heavy atom. The molecule has 1 aliphatic heterocycles. The zero-order valence-corrected chi connectivity index (χ0v) is 17.1. The number of carbonyl (C=O) groups excluding carboxylic acids is 1. The Balaban J connectivity index is 1.20. The molecule has 2 amide bonds. The number of nitrogens with zero attached hydrogens (tertiary/aromatic N) is 2. The van der Waals surface area contributed by atoms with Crippen molar-refractivity contribution in [1.82, 2.24) is 9.88 Å². The molecule has 2 fully saturated rings. The Morgan fingerprint density at radius 2 is 1.97 bits per heavy atom. The molecule has 2 heterocycles. The van der Waals surface area contributed by atoms with Gasteiger partial charge < -0.3 is 15.5 Å². The van der Waals surface area contributed by atoms with E-state index in [2.05, 4.69) is 15.6 Å². The van der Waals surface area contributed by atoms with Crippen molar-refractivity contribution in [3.05, 3.63) is 65.6 Å². The molecule has 3 aromatic rings. The summed E-state index contributed by atoms with van der Waals surface area (Å²) in [4.78, 5) is 18.7. The monoisotopic (exact) mass is 424 g/mol. The number of anilines is 2. The van der Waals surface area contributed by atoms with Gasteiger partial charge >= 0.3 is 6.03 Å². The summed E-state index contributed by atoms with van der Waals surface area (Å²) in [5, 5.41) is 7.96. The van der Waals surface area contributed by atoms with E-state index in [4.69, 9.17) is 11.6 Å². The number of likely N-dealkylation sites (tertiary alicyclic amines) is 1. The number of urea groups is 1. The zero-order valence-electron chi connectivity index (χ0n) is 16.4. The topological polar surface area (TPSA) is 57.3 Å². The Bertz CT molecular complexity index is 1100. The number of fused-ring (bicyclic) bond motifs is 1. The number of carbonyl (C=O) groups is 1. The maximum atomic E-state index is 13.7. The summed E-state index contributed by atoms with van der Waals surface area (Å²) in [7, 11) is 0. The number of pyridine rings is 1. The molecule has 2 aliphatic rings. The van der Waals surface area contributed by atoms with E-state index in [0.717, 1.165) is 54.6 Å². The molecule has 1 unspecified atom stereocenters. The molecular weight excluding hydrogens is 403 g/mol. The number of hydrogen-bond acceptors (Lipinski definition) is 3. The van der Waals surface area contributed by atoms with Crippen LogP contribution in [0.4, 0.5) is 20.6 Å². The molecule has 5 rings (SSSR count). The third-order valence-electron chi connectivity index (χ3n) is 6.20. The Kier molecular flexibility index (Phi) is 4.74. The fourth-order valence-corrected chi connectivity index (χ4v) is 4.85. The summed E-state index contributed by atoms with van der Waals surface area (Å²) in [5.74, 6) is -0.261. The molecule has 0 bridgehead atoms. The highest BCUT2D eigenvalue weighted by Gasteiger charge is 2.49. The number of benzene rings is 2. The first-order valence-corrected chi connectivity index (χ1v) is 10.5. The van der Waals surface area contributed by atoms with Crippen LogP contribution in [0.3, 0.4) is 0 Å². The van der Waals surface area contributed by atoms with Crippen LogP contribution in [-0.4, -0.2) is 35.0 Å². The predicted molar refractivity (Wildman–Crippen MR) is 117 cm³/mol. The van der Waals surface area contributed by atoms with Crippen LogP contribution in [0.15, 0.2) is 54.7 Å². The Morgan fingerprint density at radius 1 is 1.17 bits per heavy atom. The smallest absolute Gasteiger partial charge is 0.321 e. The van der Waals surface area contributed by atoms with E-state index in [-0.39, 0.29) is 17.3 Å². The average molecular weight is 425 g/mol. The summed E-state index contributed by atoms with van der Waals surface area (Å²) in [6, 6.07) is 13.9. The maximum absolute atomic E-state index is 13.7. The van der Waals surface area contributed by atoms with Crippen LogP contribution in [0, 0.1) is 11.2 Å². The average Bonchev–Trinajstić information content (AvgIpc) is 3.13. The predicted octanol–water partition coefficient (Wildman–Crippen LogP) is 5.53. The maximum Gasteiger partial charge on any atom is 0.321 e. The highest BCUT2D eigenvalue weighted by molar-refractivity contribution is 6.30. The van der Waals surface area contributed by atoms with E-state index in [1.807, 2.05) is 11.0 Å². The van der Waals surface area contributed by atoms with Crippen LogP contribution in [-0.2, 0) is 0 Å². The number of rotatable bonds is 3. The number of aromatic nitrogens is 1. The van der Waals surface area contributed by atoms with Crippen molar-refractivity contribution in [1.29, 1.82) is 0 Å². The molecule has 30 heavy (non-hydrogen) atoms. The van der Waals surface area contributed by atoms with Crippen LogP contribution >= 0.6 is 11.6 Å². The van der Waals surface area contributed by atoms with Gasteiger partial charge in [-0.05, 0) is 67.8 Å². The van der Waals surface area contributed by atoms with E-state index in [0.29, 0.717) is 11.1 Å². The largest absolute Gasteiger partial charge is 0.382 e. The molecule has 154 valence electrons. The molecule has 1 spiro atoms. The van der Waals surface area contributed by atoms with Gasteiger partial charge in [0.2, 0.25) is 0 Å². The lowest BCUT2D eigenvalue weighted by Crippen LogP contribution is -2.58. The first kappa shape index (κ1) is 19.1. The van der Waals surface area contributed by atoms with Crippen LogP contribution in [0.2, 0.25) is 5.02 Å². The summed E-state index contributed by atoms with van der Waals surface area (Å²) in [6.45, 7) is 1.52. The summed E-state index contributed by atoms with van der Waals surface area (Å²) >= 11 is 5.89. The molecule has 5 nitrogen and oxygen atoms in total. The Hall–Kier alpha value is -2.86. The SMILES string of the molecule is O=C(Nc1ccc(Cl)cc1)N1CC2(CCC(Nc3ccnc4ccc(F)cc34)C2)C1. The molecule has 0 radical (unpaired) electrons. The van der Waals surface area contributed by atoms with Crippen molar-refractivity contribution >= 4 is 39.9 Å². The lowest BCUT2D eigenvalue weighted by atomic mass is 9.78. The number of amides is 2. The molecule has 2 N–H and O–H groups in total. The van der Waals surface area contributed by atoms with Gasteiger partial charge in [0, 0.05) is 52.5 Å². The van der Waals surface area contributed by atoms with Crippen molar-refractivity contribution in [3.8, 4) is 0 Å². The lowest BCUT2D eigenvalue weighted by Gasteiger charge is -2.48. The van der Waals surface area contributed by atoms with Crippen molar-refractivity contribution in [2.24, 2.45) is 5.41 Å². The molecule has 1 aliphatic carbocycles. The second kappa shape index (κ2) is 7.43. The molecule has 1 aromatic heterocycles. The van der Waals surface area contributed by atoms with Crippen molar-refractivity contribution < 1.29 is 9.18 Å². The number of hydrogen-bond donors (Lipinski definition) is 2. The summed E-state index contributed by atoms with van der Waals surface area (Å²) in [6.07, 6.45) is 4.86. The highest BCUT2D eigenvalue weighted by atomic mass is 35.5. The van der Waals surface area contributed by atoms with Crippen LogP contribution in [0.5, 0.6) is 0 Å². The molecular formula is C23H22ClFN4O. The van der Waals surface area contributed by atoms with Crippen molar-refractivity contribution in [3.63, 3.8) is 0 Å². The van der Waals surface area contributed by atoms with Gasteiger partial charge in [-0.3, -0.25) is 4.98 Å². The van der Waals surface area contributed by atoms with Gasteiger partial charge in [0.15, 0.2) is 0 Å². The van der Waals surface area contributed by atoms with Crippen molar-refractivity contribution in [2.75, 3.05) is 23.7 Å². The lowest BCUT2D eigenvalue weighted by molar-refractivity contribution is 0.0423. The highest BCUT2D eigenvalue weighted by Crippen LogP contribution is 2.46. The fraction of sp³-hybridized carbons (Fsp3) is 0.304. The zero-order chi connectivity index (χ0) is 20.7. The summed E-state index contributed by atoms with van der Waals surface area (Å²) in [5.41, 5.74) is 2.61. The number of nitrogens with one attached hydrogen (secondary N) is 2. The Labute approximate surface area is 179 Å². The first-order chi connectivity index (χ1) is 14.5. The van der Waals surface area contributed by atoms with Gasteiger partial charge in [0.25, 0.3) is 0 Å².